The van der Waals surface area contributed by atoms with Crippen molar-refractivity contribution in [2.75, 3.05) is 6.61 Å². The highest BCUT2D eigenvalue weighted by Crippen LogP contribution is 2.46. The molecule has 0 fully saturated rings. The van der Waals surface area contributed by atoms with E-state index >= 15 is 0 Å². The highest BCUT2D eigenvalue weighted by molar-refractivity contribution is 6.33. The summed E-state index contributed by atoms with van der Waals surface area (Å²) in [6.45, 7) is 0.937. The van der Waals surface area contributed by atoms with Gasteiger partial charge in [0.15, 0.2) is 0 Å². The third kappa shape index (κ3) is 3.61. The maximum Gasteiger partial charge on any atom is 0.458 e. The van der Waals surface area contributed by atoms with Crippen LogP contribution in [0, 0.1) is 0 Å². The highest BCUT2D eigenvalue weighted by atomic mass is 28.2. The molecule has 16 heavy (non-hydrogen) atoms. The summed E-state index contributed by atoms with van der Waals surface area (Å²) in [5.41, 5.74) is 0. The number of rotatable bonds is 5. The predicted octanol–water partition coefficient (Wildman–Crippen LogP) is 2.82. The number of hydrogen-bond donors (Lipinski definition) is 0. The molecule has 0 saturated heterocycles. The second kappa shape index (κ2) is 5.35. The number of alkyl halides is 7. The molecule has 0 heterocycles. The minimum Gasteiger partial charge on any atom is -0.332 e. The lowest BCUT2D eigenvalue weighted by Crippen LogP contribution is -2.55. The first-order valence-electron chi connectivity index (χ1n) is 4.52. The molecule has 0 N–H and O–H groups in total. The van der Waals surface area contributed by atoms with Gasteiger partial charge in [-0.15, -0.1) is 0 Å². The molecule has 0 saturated carbocycles. The monoisotopic (exact) mass is 272 g/mol. The van der Waals surface area contributed by atoms with E-state index < -0.39 is 34.3 Å². The lowest BCUT2D eigenvalue weighted by atomic mass is 10.3. The molecule has 0 aliphatic heterocycles. The van der Waals surface area contributed by atoms with Crippen LogP contribution in [0.15, 0.2) is 0 Å². The molecule has 0 aliphatic carbocycles. The summed E-state index contributed by atoms with van der Waals surface area (Å²) < 4.78 is 87.5. The zero-order valence-corrected chi connectivity index (χ0v) is 9.80. The molecule has 0 aromatic rings. The van der Waals surface area contributed by atoms with Crippen molar-refractivity contribution in [3.63, 3.8) is 0 Å². The van der Waals surface area contributed by atoms with Gasteiger partial charge in [-0.1, -0.05) is 12.6 Å². The zero-order chi connectivity index (χ0) is 13.0. The first kappa shape index (κ1) is 15.7. The summed E-state index contributed by atoms with van der Waals surface area (Å²) in [4.78, 5) is 0. The van der Waals surface area contributed by atoms with Gasteiger partial charge in [-0.2, -0.15) is 30.7 Å². The van der Waals surface area contributed by atoms with E-state index in [1.54, 1.807) is 0 Å². The van der Waals surface area contributed by atoms with E-state index in [0.717, 1.165) is 0 Å². The third-order valence-electron chi connectivity index (χ3n) is 1.78. The largest absolute Gasteiger partial charge is 0.458 e. The van der Waals surface area contributed by atoms with E-state index in [1.807, 2.05) is 6.55 Å². The van der Waals surface area contributed by atoms with E-state index in [4.69, 9.17) is 0 Å². The Bertz CT molecular complexity index is 198. The maximum absolute atomic E-state index is 12.8. The number of hydrogen-bond acceptors (Lipinski definition) is 1. The minimum absolute atomic E-state index is 0.000548. The smallest absolute Gasteiger partial charge is 0.332 e. The van der Waals surface area contributed by atoms with Crippen LogP contribution in [0.3, 0.4) is 0 Å². The van der Waals surface area contributed by atoms with Gasteiger partial charge in [0, 0.05) is 9.52 Å². The average molecular weight is 272 g/mol. The molecule has 0 aliphatic rings. The van der Waals surface area contributed by atoms with Crippen molar-refractivity contribution in [3.8, 4) is 0 Å². The van der Waals surface area contributed by atoms with E-state index in [-0.39, 0.29) is 6.42 Å². The molecule has 0 rings (SSSR count). The molecule has 0 bridgehead atoms. The maximum atomic E-state index is 12.8. The fraction of sp³-hybridized carbons (Fsp3) is 1.00. The Kier molecular flexibility index (Phi) is 5.24. The van der Waals surface area contributed by atoms with Crippen LogP contribution in [-0.2, 0) is 4.74 Å². The van der Waals surface area contributed by atoms with Crippen molar-refractivity contribution in [1.29, 1.82) is 0 Å². The molecule has 98 valence electrons. The van der Waals surface area contributed by atoms with Gasteiger partial charge < -0.3 is 4.74 Å². The van der Waals surface area contributed by atoms with E-state index in [1.165, 1.54) is 0 Å². The predicted molar refractivity (Wildman–Crippen MR) is 45.7 cm³/mol. The van der Waals surface area contributed by atoms with Crippen molar-refractivity contribution in [2.45, 2.75) is 37.2 Å². The molecule has 0 unspecified atom stereocenters. The topological polar surface area (TPSA) is 9.23 Å². The SMILES string of the molecule is C[SiH2]CCCOC(F)(C(F)(F)F)C(F)(F)F. The molecule has 0 spiro atoms. The fourth-order valence-corrected chi connectivity index (χ4v) is 1.59. The van der Waals surface area contributed by atoms with Crippen molar-refractivity contribution < 1.29 is 35.5 Å². The Labute approximate surface area is 89.8 Å². The van der Waals surface area contributed by atoms with Gasteiger partial charge in [0.25, 0.3) is 0 Å². The molecule has 0 amide bonds. The van der Waals surface area contributed by atoms with Crippen LogP contribution in [0.2, 0.25) is 12.6 Å². The zero-order valence-electron chi connectivity index (χ0n) is 8.38. The van der Waals surface area contributed by atoms with Crippen LogP contribution in [0.25, 0.3) is 0 Å². The van der Waals surface area contributed by atoms with Crippen molar-refractivity contribution in [2.24, 2.45) is 0 Å². The van der Waals surface area contributed by atoms with Crippen molar-refractivity contribution in [3.05, 3.63) is 0 Å². The van der Waals surface area contributed by atoms with Gasteiger partial charge in [-0.3, -0.25) is 0 Å². The summed E-state index contributed by atoms with van der Waals surface area (Å²) in [7, 11) is -0.483. The summed E-state index contributed by atoms with van der Waals surface area (Å²) in [6.07, 6.45) is -12.2. The summed E-state index contributed by atoms with van der Waals surface area (Å²) in [6, 6.07) is 0.506. The molecule has 0 atom stereocenters. The van der Waals surface area contributed by atoms with Gasteiger partial charge in [0.1, 0.15) is 0 Å². The normalized spacial score (nSPS) is 15.0. The highest BCUT2D eigenvalue weighted by Gasteiger charge is 2.74. The third-order valence-corrected chi connectivity index (χ3v) is 2.99. The van der Waals surface area contributed by atoms with Crippen LogP contribution >= 0.6 is 0 Å². The van der Waals surface area contributed by atoms with Crippen molar-refractivity contribution in [1.82, 2.24) is 0 Å². The molecule has 0 aromatic carbocycles. The van der Waals surface area contributed by atoms with Crippen LogP contribution in [0.4, 0.5) is 30.7 Å². The van der Waals surface area contributed by atoms with Gasteiger partial charge >= 0.3 is 18.2 Å². The van der Waals surface area contributed by atoms with Crippen LogP contribution < -0.4 is 0 Å². The van der Waals surface area contributed by atoms with Gasteiger partial charge in [0.05, 0.1) is 6.61 Å². The molecular weight excluding hydrogens is 261 g/mol. The number of halogens is 7. The summed E-state index contributed by atoms with van der Waals surface area (Å²) in [5, 5.41) is 0. The quantitative estimate of drug-likeness (QED) is 0.425. The average Bonchev–Trinajstić information content (AvgIpc) is 2.08. The van der Waals surface area contributed by atoms with E-state index in [9.17, 15) is 30.7 Å². The van der Waals surface area contributed by atoms with Crippen molar-refractivity contribution >= 4 is 9.52 Å². The fourth-order valence-electron chi connectivity index (χ4n) is 0.889. The first-order chi connectivity index (χ1) is 7.06. The molecule has 0 radical (unpaired) electrons. The van der Waals surface area contributed by atoms with Crippen LogP contribution in [-0.4, -0.2) is 34.3 Å². The standard InChI is InChI=1S/C7H11F7OSi/c1-16-4-2-3-15-5(8,6(9,10)11)7(12,13)14/h2-4,16H2,1H3. The Balaban J connectivity index is 4.59. The Morgan fingerprint density at radius 2 is 1.38 bits per heavy atom. The minimum atomic E-state index is -6.12. The number of ether oxygens (including phenoxy) is 1. The van der Waals surface area contributed by atoms with Gasteiger partial charge in [-0.25, -0.2) is 0 Å². The summed E-state index contributed by atoms with van der Waals surface area (Å²) in [5.74, 6) is -5.56. The molecular formula is C7H11F7OSi. The molecule has 0 aromatic heterocycles. The van der Waals surface area contributed by atoms with Crippen LogP contribution in [0.1, 0.15) is 6.42 Å². The Hall–Kier alpha value is -0.313. The second-order valence-electron chi connectivity index (χ2n) is 3.15. The Morgan fingerprint density at radius 3 is 1.69 bits per heavy atom. The lowest BCUT2D eigenvalue weighted by molar-refractivity contribution is -0.429. The molecule has 1 nitrogen and oxygen atoms in total. The van der Waals surface area contributed by atoms with E-state index in [2.05, 4.69) is 4.74 Å². The summed E-state index contributed by atoms with van der Waals surface area (Å²) >= 11 is 0. The van der Waals surface area contributed by atoms with Gasteiger partial charge in [-0.05, 0) is 6.42 Å². The first-order valence-corrected chi connectivity index (χ1v) is 6.94. The lowest BCUT2D eigenvalue weighted by Gasteiger charge is -2.29. The second-order valence-corrected chi connectivity index (χ2v) is 4.85. The van der Waals surface area contributed by atoms with Crippen LogP contribution in [0.5, 0.6) is 0 Å². The van der Waals surface area contributed by atoms with E-state index in [0.29, 0.717) is 6.04 Å². The molecule has 9 heteroatoms. The van der Waals surface area contributed by atoms with Gasteiger partial charge in [0.2, 0.25) is 0 Å². The Morgan fingerprint density at radius 1 is 0.938 bits per heavy atom.